The molecule has 2 nitrogen and oxygen atoms in total. The second-order valence-electron chi connectivity index (χ2n) is 5.92. The Hall–Kier alpha value is -0.340. The first-order valence-corrected chi connectivity index (χ1v) is 6.63. The van der Waals surface area contributed by atoms with Crippen molar-refractivity contribution in [3.8, 4) is 0 Å². The second-order valence-corrected chi connectivity index (χ2v) is 5.92. The number of hydrogen-bond donors (Lipinski definition) is 2. The molecule has 16 heavy (non-hydrogen) atoms. The fourth-order valence-electron chi connectivity index (χ4n) is 2.63. The van der Waals surface area contributed by atoms with E-state index in [0.717, 1.165) is 19.5 Å². The molecule has 0 bridgehead atoms. The Labute approximate surface area is 101 Å². The predicted octanol–water partition coefficient (Wildman–Crippen LogP) is 2.70. The summed E-state index contributed by atoms with van der Waals surface area (Å²) in [7, 11) is 0. The summed E-state index contributed by atoms with van der Waals surface area (Å²) in [5.74, 6) is 0.688. The van der Waals surface area contributed by atoms with Crippen LogP contribution in [-0.2, 0) is 0 Å². The molecule has 1 fully saturated rings. The quantitative estimate of drug-likeness (QED) is 0.681. The summed E-state index contributed by atoms with van der Waals surface area (Å²) in [5, 5.41) is 3.72. The molecule has 0 radical (unpaired) electrons. The van der Waals surface area contributed by atoms with Gasteiger partial charge in [0, 0.05) is 12.6 Å². The SMILES string of the molecule is C=CCC(C)(C)CNC1CCCCC1CN. The van der Waals surface area contributed by atoms with Crippen molar-refractivity contribution in [1.82, 2.24) is 5.32 Å². The van der Waals surface area contributed by atoms with Gasteiger partial charge in [0.2, 0.25) is 0 Å². The monoisotopic (exact) mass is 224 g/mol. The van der Waals surface area contributed by atoms with Gasteiger partial charge in [-0.25, -0.2) is 0 Å². The second kappa shape index (κ2) is 6.41. The van der Waals surface area contributed by atoms with E-state index in [9.17, 15) is 0 Å². The first kappa shape index (κ1) is 13.7. The van der Waals surface area contributed by atoms with Crippen LogP contribution in [-0.4, -0.2) is 19.1 Å². The first-order valence-electron chi connectivity index (χ1n) is 6.63. The van der Waals surface area contributed by atoms with Crippen molar-refractivity contribution >= 4 is 0 Å². The molecule has 1 aliphatic rings. The Morgan fingerprint density at radius 2 is 2.06 bits per heavy atom. The molecular formula is C14H28N2. The lowest BCUT2D eigenvalue weighted by Crippen LogP contribution is -2.45. The third kappa shape index (κ3) is 4.26. The number of allylic oxidation sites excluding steroid dienone is 1. The van der Waals surface area contributed by atoms with Gasteiger partial charge in [0.15, 0.2) is 0 Å². The first-order chi connectivity index (χ1) is 7.59. The number of rotatable bonds is 6. The third-order valence-corrected chi connectivity index (χ3v) is 3.75. The average molecular weight is 224 g/mol. The summed E-state index contributed by atoms with van der Waals surface area (Å²) in [5.41, 5.74) is 6.15. The van der Waals surface area contributed by atoms with Gasteiger partial charge >= 0.3 is 0 Å². The molecule has 2 heteroatoms. The van der Waals surface area contributed by atoms with Crippen LogP contribution in [0.15, 0.2) is 12.7 Å². The molecule has 0 aromatic heterocycles. The Bertz CT molecular complexity index is 211. The Morgan fingerprint density at radius 3 is 2.69 bits per heavy atom. The van der Waals surface area contributed by atoms with E-state index in [4.69, 9.17) is 5.73 Å². The van der Waals surface area contributed by atoms with E-state index in [1.807, 2.05) is 6.08 Å². The number of nitrogens with two attached hydrogens (primary N) is 1. The highest BCUT2D eigenvalue weighted by Crippen LogP contribution is 2.25. The average Bonchev–Trinajstić information content (AvgIpc) is 2.27. The zero-order chi connectivity index (χ0) is 12.0. The fourth-order valence-corrected chi connectivity index (χ4v) is 2.63. The van der Waals surface area contributed by atoms with Gasteiger partial charge in [-0.15, -0.1) is 6.58 Å². The van der Waals surface area contributed by atoms with E-state index in [-0.39, 0.29) is 0 Å². The lowest BCUT2D eigenvalue weighted by Gasteiger charge is -2.34. The minimum Gasteiger partial charge on any atom is -0.330 e. The van der Waals surface area contributed by atoms with E-state index >= 15 is 0 Å². The van der Waals surface area contributed by atoms with Crippen LogP contribution in [0.3, 0.4) is 0 Å². The standard InChI is InChI=1S/C14H28N2/c1-4-9-14(2,3)11-16-13-8-6-5-7-12(13)10-15/h4,12-13,16H,1,5-11,15H2,2-3H3. The molecule has 1 rings (SSSR count). The molecule has 0 heterocycles. The maximum absolute atomic E-state index is 5.84. The van der Waals surface area contributed by atoms with Crippen LogP contribution < -0.4 is 11.1 Å². The van der Waals surface area contributed by atoms with E-state index in [1.165, 1.54) is 25.7 Å². The molecule has 0 amide bonds. The van der Waals surface area contributed by atoms with Crippen molar-refractivity contribution in [3.63, 3.8) is 0 Å². The third-order valence-electron chi connectivity index (χ3n) is 3.75. The molecule has 94 valence electrons. The molecule has 2 unspecified atom stereocenters. The van der Waals surface area contributed by atoms with Gasteiger partial charge in [-0.3, -0.25) is 0 Å². The lowest BCUT2D eigenvalue weighted by molar-refractivity contribution is 0.233. The van der Waals surface area contributed by atoms with Crippen molar-refractivity contribution in [3.05, 3.63) is 12.7 Å². The van der Waals surface area contributed by atoms with Crippen LogP contribution in [0.1, 0.15) is 46.0 Å². The van der Waals surface area contributed by atoms with Gasteiger partial charge in [-0.05, 0) is 37.1 Å². The van der Waals surface area contributed by atoms with E-state index in [1.54, 1.807) is 0 Å². The maximum Gasteiger partial charge on any atom is 0.0108 e. The van der Waals surface area contributed by atoms with Crippen molar-refractivity contribution in [2.75, 3.05) is 13.1 Å². The van der Waals surface area contributed by atoms with Gasteiger partial charge < -0.3 is 11.1 Å². The summed E-state index contributed by atoms with van der Waals surface area (Å²) < 4.78 is 0. The van der Waals surface area contributed by atoms with Gasteiger partial charge in [-0.2, -0.15) is 0 Å². The maximum atomic E-state index is 5.84. The minimum absolute atomic E-state index is 0.318. The Balaban J connectivity index is 2.37. The molecule has 2 atom stereocenters. The molecule has 0 saturated heterocycles. The highest BCUT2D eigenvalue weighted by Gasteiger charge is 2.25. The molecular weight excluding hydrogens is 196 g/mol. The van der Waals surface area contributed by atoms with Crippen molar-refractivity contribution in [1.29, 1.82) is 0 Å². The predicted molar refractivity (Wildman–Crippen MR) is 71.4 cm³/mol. The van der Waals surface area contributed by atoms with Crippen LogP contribution in [0.25, 0.3) is 0 Å². The largest absolute Gasteiger partial charge is 0.330 e. The van der Waals surface area contributed by atoms with Crippen molar-refractivity contribution < 1.29 is 0 Å². The van der Waals surface area contributed by atoms with E-state index in [2.05, 4.69) is 25.7 Å². The zero-order valence-corrected chi connectivity index (χ0v) is 11.0. The van der Waals surface area contributed by atoms with Gasteiger partial charge in [0.25, 0.3) is 0 Å². The van der Waals surface area contributed by atoms with Crippen molar-refractivity contribution in [2.45, 2.75) is 52.0 Å². The van der Waals surface area contributed by atoms with Crippen LogP contribution >= 0.6 is 0 Å². The molecule has 3 N–H and O–H groups in total. The lowest BCUT2D eigenvalue weighted by atomic mass is 9.83. The number of hydrogen-bond acceptors (Lipinski definition) is 2. The van der Waals surface area contributed by atoms with Crippen LogP contribution in [0.2, 0.25) is 0 Å². The summed E-state index contributed by atoms with van der Waals surface area (Å²) in [6, 6.07) is 0.642. The molecule has 0 aliphatic heterocycles. The Morgan fingerprint density at radius 1 is 1.38 bits per heavy atom. The minimum atomic E-state index is 0.318. The van der Waals surface area contributed by atoms with Crippen molar-refractivity contribution in [2.24, 2.45) is 17.1 Å². The van der Waals surface area contributed by atoms with E-state index < -0.39 is 0 Å². The highest BCUT2D eigenvalue weighted by molar-refractivity contribution is 4.86. The van der Waals surface area contributed by atoms with Crippen LogP contribution in [0.4, 0.5) is 0 Å². The van der Waals surface area contributed by atoms with Crippen LogP contribution in [0.5, 0.6) is 0 Å². The smallest absolute Gasteiger partial charge is 0.0108 e. The summed E-state index contributed by atoms with van der Waals surface area (Å²) in [6.07, 6.45) is 8.40. The fraction of sp³-hybridized carbons (Fsp3) is 0.857. The normalized spacial score (nSPS) is 26.7. The van der Waals surface area contributed by atoms with Gasteiger partial charge in [0.1, 0.15) is 0 Å². The van der Waals surface area contributed by atoms with E-state index in [0.29, 0.717) is 17.4 Å². The Kier molecular flexibility index (Phi) is 5.50. The van der Waals surface area contributed by atoms with Gasteiger partial charge in [0.05, 0.1) is 0 Å². The molecule has 0 aromatic rings. The molecule has 1 saturated carbocycles. The summed E-state index contributed by atoms with van der Waals surface area (Å²) >= 11 is 0. The van der Waals surface area contributed by atoms with Gasteiger partial charge in [-0.1, -0.05) is 32.8 Å². The molecule has 0 spiro atoms. The summed E-state index contributed by atoms with van der Waals surface area (Å²) in [6.45, 7) is 10.3. The highest BCUT2D eigenvalue weighted by atomic mass is 14.9. The molecule has 1 aliphatic carbocycles. The topological polar surface area (TPSA) is 38.0 Å². The zero-order valence-electron chi connectivity index (χ0n) is 11.0. The molecule has 0 aromatic carbocycles. The number of nitrogens with one attached hydrogen (secondary N) is 1. The van der Waals surface area contributed by atoms with Crippen LogP contribution in [0, 0.1) is 11.3 Å². The summed E-state index contributed by atoms with van der Waals surface area (Å²) in [4.78, 5) is 0.